The van der Waals surface area contributed by atoms with Gasteiger partial charge >= 0.3 is 0 Å². The van der Waals surface area contributed by atoms with Gasteiger partial charge in [-0.2, -0.15) is 10.4 Å². The van der Waals surface area contributed by atoms with Gasteiger partial charge in [-0.1, -0.05) is 0 Å². The Labute approximate surface area is 230 Å². The molecule has 9 nitrogen and oxygen atoms in total. The molecule has 8 rings (SSSR count). The number of hydrogen-bond donors (Lipinski definition) is 1. The highest BCUT2D eigenvalue weighted by Crippen LogP contribution is 2.38. The van der Waals surface area contributed by atoms with E-state index in [1.165, 1.54) is 6.07 Å². The van der Waals surface area contributed by atoms with Gasteiger partial charge in [0.2, 0.25) is 0 Å². The molecule has 200 valence electrons. The molecule has 4 aromatic heterocycles. The van der Waals surface area contributed by atoms with Crippen LogP contribution >= 0.6 is 0 Å². The third-order valence-electron chi connectivity index (χ3n) is 8.09. The van der Waals surface area contributed by atoms with Crippen LogP contribution in [0.3, 0.4) is 0 Å². The number of aryl methyl sites for hydroxylation is 1. The van der Waals surface area contributed by atoms with Crippen molar-refractivity contribution in [3.05, 3.63) is 78.1 Å². The van der Waals surface area contributed by atoms with Crippen molar-refractivity contribution in [3.8, 4) is 34.2 Å². The van der Waals surface area contributed by atoms with Crippen LogP contribution in [0, 0.1) is 17.1 Å². The quantitative estimate of drug-likeness (QED) is 0.342. The van der Waals surface area contributed by atoms with Crippen LogP contribution in [-0.4, -0.2) is 61.9 Å². The molecule has 40 heavy (non-hydrogen) atoms. The molecule has 3 aliphatic rings. The Hall–Kier alpha value is -4.75. The van der Waals surface area contributed by atoms with Crippen molar-refractivity contribution in [3.63, 3.8) is 0 Å². The van der Waals surface area contributed by atoms with Crippen LogP contribution in [-0.2, 0) is 13.6 Å². The van der Waals surface area contributed by atoms with Gasteiger partial charge in [0.15, 0.2) is 0 Å². The third kappa shape index (κ3) is 4.06. The van der Waals surface area contributed by atoms with Crippen LogP contribution in [0.15, 0.2) is 61.2 Å². The predicted octanol–water partition coefficient (Wildman–Crippen LogP) is 4.51. The molecule has 0 spiro atoms. The molecule has 1 aromatic carbocycles. The number of aromatic nitrogens is 5. The first-order chi connectivity index (χ1) is 19.5. The van der Waals surface area contributed by atoms with Crippen molar-refractivity contribution >= 4 is 16.9 Å². The van der Waals surface area contributed by atoms with E-state index in [0.717, 1.165) is 64.4 Å². The molecule has 5 aromatic rings. The second-order valence-corrected chi connectivity index (χ2v) is 10.5. The minimum Gasteiger partial charge on any atom is -0.496 e. The van der Waals surface area contributed by atoms with Crippen molar-refractivity contribution in [1.82, 2.24) is 29.6 Å². The zero-order valence-corrected chi connectivity index (χ0v) is 22.2. The minimum absolute atomic E-state index is 0.244. The average molecular weight is 535 g/mol. The molecule has 0 radical (unpaired) electrons. The fraction of sp³-hybridized carbons (Fsp3) is 0.267. The van der Waals surface area contributed by atoms with E-state index in [-0.39, 0.29) is 5.82 Å². The van der Waals surface area contributed by atoms with Gasteiger partial charge in [-0.3, -0.25) is 9.58 Å². The molecule has 10 heteroatoms. The number of benzene rings is 1. The number of methoxy groups -OCH3 is 1. The van der Waals surface area contributed by atoms with Crippen LogP contribution in [0.4, 0.5) is 10.2 Å². The van der Waals surface area contributed by atoms with Gasteiger partial charge < -0.3 is 14.6 Å². The van der Waals surface area contributed by atoms with E-state index in [2.05, 4.69) is 30.9 Å². The molecule has 3 aliphatic heterocycles. The van der Waals surface area contributed by atoms with E-state index in [1.807, 2.05) is 37.6 Å². The molecule has 0 saturated carbocycles. The summed E-state index contributed by atoms with van der Waals surface area (Å²) in [5, 5.41) is 15.0. The first-order valence-electron chi connectivity index (χ1n) is 13.2. The van der Waals surface area contributed by atoms with Crippen molar-refractivity contribution in [2.75, 3.05) is 25.1 Å². The first-order valence-corrected chi connectivity index (χ1v) is 13.2. The average Bonchev–Trinajstić information content (AvgIpc) is 3.61. The fourth-order valence-corrected chi connectivity index (χ4v) is 6.11. The molecular formula is C30H27FN8O. The number of fused-ring (bicyclic) bond motifs is 3. The van der Waals surface area contributed by atoms with E-state index in [1.54, 1.807) is 36.3 Å². The Morgan fingerprint density at radius 1 is 1.07 bits per heavy atom. The molecule has 2 bridgehead atoms. The van der Waals surface area contributed by atoms with Crippen LogP contribution in [0.5, 0.6) is 5.75 Å². The maximum Gasteiger partial charge on any atom is 0.138 e. The lowest BCUT2D eigenvalue weighted by atomic mass is 9.86. The van der Waals surface area contributed by atoms with Crippen molar-refractivity contribution in [2.45, 2.75) is 25.0 Å². The Balaban J connectivity index is 1.12. The summed E-state index contributed by atoms with van der Waals surface area (Å²) in [5.41, 5.74) is 5.61. The number of pyridine rings is 2. The zero-order chi connectivity index (χ0) is 27.4. The van der Waals surface area contributed by atoms with Gasteiger partial charge in [-0.25, -0.2) is 14.4 Å². The number of nitrogens with zero attached hydrogens (tertiary/aromatic N) is 7. The number of ether oxygens (including phenoxy) is 1. The number of nitriles is 1. The smallest absolute Gasteiger partial charge is 0.138 e. The van der Waals surface area contributed by atoms with E-state index in [9.17, 15) is 9.65 Å². The summed E-state index contributed by atoms with van der Waals surface area (Å²) in [4.78, 5) is 17.4. The maximum absolute atomic E-state index is 13.9. The van der Waals surface area contributed by atoms with Crippen LogP contribution < -0.4 is 9.64 Å². The molecule has 0 amide bonds. The normalized spacial score (nSPS) is 18.5. The molecule has 3 fully saturated rings. The monoisotopic (exact) mass is 534 g/mol. The van der Waals surface area contributed by atoms with E-state index in [0.29, 0.717) is 29.8 Å². The number of rotatable bonds is 6. The van der Waals surface area contributed by atoms with Crippen LogP contribution in [0.25, 0.3) is 33.4 Å². The summed E-state index contributed by atoms with van der Waals surface area (Å²) in [7, 11) is 3.50. The number of H-pyrrole nitrogens is 1. The number of hydrogen-bond acceptors (Lipinski definition) is 7. The Morgan fingerprint density at radius 3 is 2.62 bits per heavy atom. The van der Waals surface area contributed by atoms with Crippen LogP contribution in [0.2, 0.25) is 0 Å². The van der Waals surface area contributed by atoms with Gasteiger partial charge in [0, 0.05) is 85.0 Å². The minimum atomic E-state index is -0.244. The lowest BCUT2D eigenvalue weighted by Gasteiger charge is -2.56. The standard InChI is InChI=1S/C30H27FN8O/c1-37-14-21(13-35-37)26-9-25-29(20(10-32)12-34-30(25)36-26)18-3-6-28(33-11-18)38-16-23-8-24(17-38)39(23)15-19-7-22(31)4-5-27(19)40-2/h3-7,9,11-14,23-24H,8,15-17H2,1-2H3,(H,34,36). The summed E-state index contributed by atoms with van der Waals surface area (Å²) in [5.74, 6) is 1.39. The molecule has 7 heterocycles. The number of halogens is 1. The van der Waals surface area contributed by atoms with E-state index < -0.39 is 0 Å². The van der Waals surface area contributed by atoms with E-state index in [4.69, 9.17) is 9.72 Å². The summed E-state index contributed by atoms with van der Waals surface area (Å²) >= 11 is 0. The van der Waals surface area contributed by atoms with Gasteiger partial charge in [0.25, 0.3) is 0 Å². The lowest BCUT2D eigenvalue weighted by Crippen LogP contribution is -2.68. The summed E-state index contributed by atoms with van der Waals surface area (Å²) < 4.78 is 21.1. The van der Waals surface area contributed by atoms with Crippen molar-refractivity contribution in [2.24, 2.45) is 7.05 Å². The summed E-state index contributed by atoms with van der Waals surface area (Å²) in [6.45, 7) is 2.38. The highest BCUT2D eigenvalue weighted by atomic mass is 19.1. The Kier molecular flexibility index (Phi) is 5.75. The van der Waals surface area contributed by atoms with Gasteiger partial charge in [0.1, 0.15) is 29.1 Å². The van der Waals surface area contributed by atoms with Gasteiger partial charge in [0.05, 0.1) is 24.6 Å². The summed E-state index contributed by atoms with van der Waals surface area (Å²) in [6.07, 6.45) is 8.31. The van der Waals surface area contributed by atoms with Crippen LogP contribution in [0.1, 0.15) is 17.5 Å². The molecule has 0 aliphatic carbocycles. The van der Waals surface area contributed by atoms with E-state index >= 15 is 0 Å². The Bertz CT molecular complexity index is 1760. The van der Waals surface area contributed by atoms with Gasteiger partial charge in [-0.15, -0.1) is 0 Å². The first kappa shape index (κ1) is 24.3. The highest BCUT2D eigenvalue weighted by Gasteiger charge is 2.45. The third-order valence-corrected chi connectivity index (χ3v) is 8.09. The fourth-order valence-electron chi connectivity index (χ4n) is 6.11. The second kappa shape index (κ2) is 9.47. The molecular weight excluding hydrogens is 507 g/mol. The molecule has 3 saturated heterocycles. The number of nitrogens with one attached hydrogen (secondary N) is 1. The van der Waals surface area contributed by atoms with Gasteiger partial charge in [-0.05, 0) is 42.8 Å². The number of piperazine rings is 1. The Morgan fingerprint density at radius 2 is 1.93 bits per heavy atom. The predicted molar refractivity (Wildman–Crippen MR) is 149 cm³/mol. The number of piperidine rings is 1. The SMILES string of the molecule is COc1ccc(F)cc1CN1C2CC1CN(c1ccc(-c3c(C#N)cnc4[nH]c(-c5cnn(C)c5)cc34)cn1)C2. The molecule has 2 atom stereocenters. The van der Waals surface area contributed by atoms with Crippen molar-refractivity contribution in [1.29, 1.82) is 5.26 Å². The summed E-state index contributed by atoms with van der Waals surface area (Å²) in [6, 6.07) is 13.8. The number of aromatic amines is 1. The topological polar surface area (TPSA) is 98.9 Å². The zero-order valence-electron chi connectivity index (χ0n) is 22.2. The molecule has 1 N–H and O–H groups in total. The highest BCUT2D eigenvalue weighted by molar-refractivity contribution is 5.98. The number of anilines is 1. The van der Waals surface area contributed by atoms with Crippen molar-refractivity contribution < 1.29 is 9.13 Å². The maximum atomic E-state index is 13.9. The molecule has 2 unspecified atom stereocenters. The largest absolute Gasteiger partial charge is 0.496 e. The second-order valence-electron chi connectivity index (χ2n) is 10.5. The lowest BCUT2D eigenvalue weighted by molar-refractivity contribution is -0.00922.